The molecule has 1 N–H and O–H groups in total. The first kappa shape index (κ1) is 20.8. The number of rotatable bonds is 6. The summed E-state index contributed by atoms with van der Waals surface area (Å²) in [4.78, 5) is 12.8. The highest BCUT2D eigenvalue weighted by Gasteiger charge is 2.17. The minimum atomic E-state index is 0.572. The molecule has 5 nitrogen and oxygen atoms in total. The van der Waals surface area contributed by atoms with E-state index in [9.17, 15) is 0 Å². The van der Waals surface area contributed by atoms with Crippen LogP contribution < -0.4 is 10.2 Å². The molecule has 32 heavy (non-hydrogen) atoms. The highest BCUT2D eigenvalue weighted by molar-refractivity contribution is 6.31. The van der Waals surface area contributed by atoms with E-state index >= 15 is 0 Å². The third-order valence-electron chi connectivity index (χ3n) is 5.71. The van der Waals surface area contributed by atoms with Gasteiger partial charge in [0.25, 0.3) is 0 Å². The number of nitrogens with zero attached hydrogens (tertiary/aromatic N) is 3. The molecule has 4 aromatic rings. The van der Waals surface area contributed by atoms with Gasteiger partial charge in [0.2, 0.25) is 0 Å². The summed E-state index contributed by atoms with van der Waals surface area (Å²) >= 11 is 6.09. The maximum atomic E-state index is 6.09. The van der Waals surface area contributed by atoms with Crippen LogP contribution >= 0.6 is 11.6 Å². The van der Waals surface area contributed by atoms with Crippen LogP contribution in [-0.4, -0.2) is 36.2 Å². The quantitative estimate of drug-likeness (QED) is 0.401. The summed E-state index contributed by atoms with van der Waals surface area (Å²) in [5.41, 5.74) is 5.33. The van der Waals surface area contributed by atoms with E-state index in [1.807, 2.05) is 24.3 Å². The lowest BCUT2D eigenvalue weighted by molar-refractivity contribution is -0.171. The van der Waals surface area contributed by atoms with Gasteiger partial charge in [-0.3, -0.25) is 9.82 Å². The van der Waals surface area contributed by atoms with E-state index in [0.717, 1.165) is 54.0 Å². The first-order valence-corrected chi connectivity index (χ1v) is 11.2. The first-order chi connectivity index (χ1) is 15.7. The van der Waals surface area contributed by atoms with Gasteiger partial charge in [0.15, 0.2) is 0 Å². The number of fused-ring (bicyclic) bond motifs is 1. The van der Waals surface area contributed by atoms with Crippen molar-refractivity contribution in [3.63, 3.8) is 0 Å². The molecule has 162 valence electrons. The minimum absolute atomic E-state index is 0.572. The molecule has 0 radical (unpaired) electrons. The average molecular weight is 445 g/mol. The van der Waals surface area contributed by atoms with Crippen LogP contribution in [0.3, 0.4) is 0 Å². The molecule has 6 heteroatoms. The summed E-state index contributed by atoms with van der Waals surface area (Å²) in [5.74, 6) is 0. The topological polar surface area (TPSA) is 40.6 Å². The van der Waals surface area contributed by atoms with Gasteiger partial charge >= 0.3 is 0 Å². The number of benzene rings is 3. The van der Waals surface area contributed by atoms with Crippen LogP contribution in [0.25, 0.3) is 10.9 Å². The number of para-hydroxylation sites is 1. The molecule has 0 unspecified atom stereocenters. The van der Waals surface area contributed by atoms with Crippen molar-refractivity contribution in [1.82, 2.24) is 10.0 Å². The Morgan fingerprint density at radius 1 is 0.875 bits per heavy atom. The molecule has 0 amide bonds. The third-order valence-corrected chi connectivity index (χ3v) is 5.95. The molecular weight excluding hydrogens is 420 g/mol. The van der Waals surface area contributed by atoms with Gasteiger partial charge in [-0.25, -0.2) is 0 Å². The van der Waals surface area contributed by atoms with E-state index in [-0.39, 0.29) is 0 Å². The van der Waals surface area contributed by atoms with Crippen LogP contribution in [0.2, 0.25) is 5.02 Å². The Bertz CT molecular complexity index is 1180. The van der Waals surface area contributed by atoms with Gasteiger partial charge < -0.3 is 10.2 Å². The summed E-state index contributed by atoms with van der Waals surface area (Å²) < 4.78 is 0. The van der Waals surface area contributed by atoms with Crippen LogP contribution in [0.1, 0.15) is 5.56 Å². The number of hydrogen-bond donors (Lipinski definition) is 1. The molecule has 5 rings (SSSR count). The standard InChI is InChI=1S/C26H25ClN4O/c27-21-8-11-24-25(12-13-28-26(24)18-21)29-22-9-6-20(7-10-22)19-32-31-16-14-30(15-17-31)23-4-2-1-3-5-23/h1-13,18H,14-17,19H2,(H,28,29). The number of halogens is 1. The maximum absolute atomic E-state index is 6.09. The van der Waals surface area contributed by atoms with Crippen molar-refractivity contribution >= 4 is 39.6 Å². The molecule has 3 aromatic carbocycles. The predicted molar refractivity (Wildman–Crippen MR) is 131 cm³/mol. The van der Waals surface area contributed by atoms with Gasteiger partial charge in [-0.15, -0.1) is 0 Å². The Balaban J connectivity index is 1.15. The maximum Gasteiger partial charge on any atom is 0.0935 e. The van der Waals surface area contributed by atoms with Gasteiger partial charge in [-0.1, -0.05) is 41.9 Å². The molecule has 0 bridgehead atoms. The zero-order chi connectivity index (χ0) is 21.8. The van der Waals surface area contributed by atoms with E-state index in [1.165, 1.54) is 5.69 Å². The van der Waals surface area contributed by atoms with E-state index in [1.54, 1.807) is 6.20 Å². The van der Waals surface area contributed by atoms with Gasteiger partial charge in [-0.05, 0) is 54.1 Å². The molecule has 0 spiro atoms. The second-order valence-corrected chi connectivity index (χ2v) is 8.30. The summed E-state index contributed by atoms with van der Waals surface area (Å²) in [6, 6.07) is 26.6. The van der Waals surface area contributed by atoms with Crippen molar-refractivity contribution in [3.8, 4) is 0 Å². The Hall–Kier alpha value is -3.12. The van der Waals surface area contributed by atoms with Crippen LogP contribution in [-0.2, 0) is 11.4 Å². The lowest BCUT2D eigenvalue weighted by Crippen LogP contribution is -2.46. The normalized spacial score (nSPS) is 14.6. The fourth-order valence-electron chi connectivity index (χ4n) is 3.95. The second-order valence-electron chi connectivity index (χ2n) is 7.87. The Labute approximate surface area is 193 Å². The smallest absolute Gasteiger partial charge is 0.0935 e. The number of hydrogen-bond acceptors (Lipinski definition) is 5. The van der Waals surface area contributed by atoms with Gasteiger partial charge in [0.05, 0.1) is 12.1 Å². The van der Waals surface area contributed by atoms with Crippen molar-refractivity contribution in [2.45, 2.75) is 6.61 Å². The number of aromatic nitrogens is 1. The number of nitrogens with one attached hydrogen (secondary N) is 1. The van der Waals surface area contributed by atoms with Gasteiger partial charge in [0, 0.05) is 59.8 Å². The molecule has 1 aliphatic rings. The second kappa shape index (κ2) is 9.57. The third kappa shape index (κ3) is 4.86. The summed E-state index contributed by atoms with van der Waals surface area (Å²) in [6.45, 7) is 4.31. The van der Waals surface area contributed by atoms with E-state index < -0.39 is 0 Å². The Morgan fingerprint density at radius 3 is 2.44 bits per heavy atom. The lowest BCUT2D eigenvalue weighted by atomic mass is 10.1. The van der Waals surface area contributed by atoms with Gasteiger partial charge in [0.1, 0.15) is 0 Å². The average Bonchev–Trinajstić information content (AvgIpc) is 2.84. The van der Waals surface area contributed by atoms with Crippen molar-refractivity contribution in [1.29, 1.82) is 0 Å². The summed E-state index contributed by atoms with van der Waals surface area (Å²) in [7, 11) is 0. The molecule has 0 aliphatic carbocycles. The molecule has 1 aromatic heterocycles. The summed E-state index contributed by atoms with van der Waals surface area (Å²) in [5, 5.41) is 7.28. The molecule has 1 saturated heterocycles. The predicted octanol–water partition coefficient (Wildman–Crippen LogP) is 5.89. The summed E-state index contributed by atoms with van der Waals surface area (Å²) in [6.07, 6.45) is 1.79. The van der Waals surface area contributed by atoms with E-state index in [4.69, 9.17) is 16.4 Å². The van der Waals surface area contributed by atoms with Crippen molar-refractivity contribution in [2.75, 3.05) is 36.4 Å². The first-order valence-electron chi connectivity index (χ1n) is 10.8. The zero-order valence-electron chi connectivity index (χ0n) is 17.7. The largest absolute Gasteiger partial charge is 0.369 e. The van der Waals surface area contributed by atoms with Crippen LogP contribution in [0.4, 0.5) is 17.1 Å². The molecule has 0 atom stereocenters. The number of hydroxylamine groups is 2. The van der Waals surface area contributed by atoms with Crippen LogP contribution in [0.5, 0.6) is 0 Å². The van der Waals surface area contributed by atoms with E-state index in [2.05, 4.69) is 74.9 Å². The molecular formula is C26H25ClN4O. The van der Waals surface area contributed by atoms with Crippen LogP contribution in [0.15, 0.2) is 85.1 Å². The Morgan fingerprint density at radius 2 is 1.66 bits per heavy atom. The van der Waals surface area contributed by atoms with E-state index in [0.29, 0.717) is 11.6 Å². The minimum Gasteiger partial charge on any atom is -0.369 e. The monoisotopic (exact) mass is 444 g/mol. The van der Waals surface area contributed by atoms with Crippen molar-refractivity contribution < 1.29 is 4.84 Å². The fourth-order valence-corrected chi connectivity index (χ4v) is 4.12. The molecule has 1 aliphatic heterocycles. The highest BCUT2D eigenvalue weighted by atomic mass is 35.5. The Kier molecular flexibility index (Phi) is 6.21. The molecule has 1 fully saturated rings. The van der Waals surface area contributed by atoms with Crippen LogP contribution in [0, 0.1) is 0 Å². The van der Waals surface area contributed by atoms with Crippen molar-refractivity contribution in [3.05, 3.63) is 95.6 Å². The number of piperazine rings is 1. The highest BCUT2D eigenvalue weighted by Crippen LogP contribution is 2.27. The fraction of sp³-hybridized carbons (Fsp3) is 0.192. The molecule has 2 heterocycles. The molecule has 0 saturated carbocycles. The lowest BCUT2D eigenvalue weighted by Gasteiger charge is -2.35. The number of anilines is 3. The number of pyridine rings is 1. The van der Waals surface area contributed by atoms with Crippen molar-refractivity contribution in [2.24, 2.45) is 0 Å². The zero-order valence-corrected chi connectivity index (χ0v) is 18.5. The SMILES string of the molecule is Clc1ccc2c(Nc3ccc(CON4CCN(c5ccccc5)CC4)cc3)ccnc2c1. The van der Waals surface area contributed by atoms with Gasteiger partial charge in [-0.2, -0.15) is 5.06 Å².